The van der Waals surface area contributed by atoms with E-state index in [0.29, 0.717) is 0 Å². The largest absolute Gasteiger partial charge is 0.309 e. The lowest BCUT2D eigenvalue weighted by molar-refractivity contribution is 0.166. The minimum Gasteiger partial charge on any atom is -0.309 e. The van der Waals surface area contributed by atoms with Crippen LogP contribution >= 0.6 is 0 Å². The minimum atomic E-state index is 0.732. The molecule has 4 aliphatic rings. The lowest BCUT2D eigenvalue weighted by Gasteiger charge is -2.38. The molecule has 9 aromatic rings. The lowest BCUT2D eigenvalue weighted by atomic mass is 9.67. The zero-order valence-corrected chi connectivity index (χ0v) is 29.8. The van der Waals surface area contributed by atoms with Crippen molar-refractivity contribution in [1.82, 2.24) is 9.13 Å². The minimum absolute atomic E-state index is 0.732. The Balaban J connectivity index is 0.976. The Labute approximate surface area is 309 Å². The van der Waals surface area contributed by atoms with Gasteiger partial charge in [0.2, 0.25) is 0 Å². The normalized spacial score (nSPS) is 20.5. The second-order valence-electron chi connectivity index (χ2n) is 16.2. The van der Waals surface area contributed by atoms with Crippen LogP contribution in [0.3, 0.4) is 0 Å². The van der Waals surface area contributed by atoms with E-state index in [9.17, 15) is 0 Å². The van der Waals surface area contributed by atoms with Gasteiger partial charge in [0.25, 0.3) is 0 Å². The van der Waals surface area contributed by atoms with Crippen LogP contribution in [0.2, 0.25) is 0 Å². The fourth-order valence-corrected chi connectivity index (χ4v) is 11.1. The second kappa shape index (κ2) is 11.3. The molecule has 2 fully saturated rings. The van der Waals surface area contributed by atoms with E-state index in [4.69, 9.17) is 0 Å². The topological polar surface area (TPSA) is 9.86 Å². The summed E-state index contributed by atoms with van der Waals surface area (Å²) in [6, 6.07) is 59.1. The maximum absolute atomic E-state index is 2.59. The van der Waals surface area contributed by atoms with Crippen molar-refractivity contribution in [2.75, 3.05) is 0 Å². The molecule has 2 saturated carbocycles. The van der Waals surface area contributed by atoms with Gasteiger partial charge in [0.15, 0.2) is 0 Å². The van der Waals surface area contributed by atoms with E-state index >= 15 is 0 Å². The maximum atomic E-state index is 2.59. The molecule has 2 nitrogen and oxygen atoms in total. The number of hydrogen-bond donors (Lipinski definition) is 0. The first-order valence-electron chi connectivity index (χ1n) is 19.6. The van der Waals surface area contributed by atoms with E-state index < -0.39 is 0 Å². The molecule has 0 spiro atoms. The Morgan fingerprint density at radius 1 is 0.321 bits per heavy atom. The molecule has 4 aliphatic carbocycles. The molecule has 0 N–H and O–H groups in total. The first kappa shape index (κ1) is 29.7. The van der Waals surface area contributed by atoms with Crippen LogP contribution in [-0.2, 0) is 0 Å². The van der Waals surface area contributed by atoms with Gasteiger partial charge < -0.3 is 9.13 Å². The third kappa shape index (κ3) is 4.51. The molecule has 4 bridgehead atoms. The van der Waals surface area contributed by atoms with Gasteiger partial charge in [0.1, 0.15) is 0 Å². The Bertz CT molecular complexity index is 2870. The molecule has 7 aromatic carbocycles. The number of nitrogens with zero attached hydrogens (tertiary/aromatic N) is 2. The van der Waals surface area contributed by atoms with Crippen molar-refractivity contribution in [3.63, 3.8) is 0 Å². The maximum Gasteiger partial charge on any atom is 0.0541 e. The monoisotopic (exact) mass is 680 g/mol. The smallest absolute Gasteiger partial charge is 0.0541 e. The van der Waals surface area contributed by atoms with E-state index in [1.165, 1.54) is 109 Å². The number of benzene rings is 7. The number of rotatable bonds is 4. The molecular weight excluding hydrogens is 641 g/mol. The van der Waals surface area contributed by atoms with Crippen LogP contribution in [0.25, 0.3) is 77.2 Å². The van der Waals surface area contributed by atoms with Crippen LogP contribution in [0.1, 0.15) is 55.1 Å². The van der Waals surface area contributed by atoms with E-state index in [-0.39, 0.29) is 0 Å². The number of hydrogen-bond acceptors (Lipinski definition) is 0. The first-order chi connectivity index (χ1) is 26.2. The molecule has 0 radical (unpaired) electrons. The summed E-state index contributed by atoms with van der Waals surface area (Å²) in [4.78, 5) is 0. The van der Waals surface area contributed by atoms with Crippen molar-refractivity contribution in [2.45, 2.75) is 43.9 Å². The summed E-state index contributed by atoms with van der Waals surface area (Å²) >= 11 is 0. The van der Waals surface area contributed by atoms with Gasteiger partial charge in [-0.15, -0.1) is 0 Å². The van der Waals surface area contributed by atoms with Crippen molar-refractivity contribution < 1.29 is 0 Å². The summed E-state index contributed by atoms with van der Waals surface area (Å²) < 4.78 is 4.95. The highest BCUT2D eigenvalue weighted by atomic mass is 15.0. The zero-order valence-electron chi connectivity index (χ0n) is 29.8. The van der Waals surface area contributed by atoms with Gasteiger partial charge in [0.05, 0.1) is 22.1 Å². The molecule has 2 heteroatoms. The molecule has 0 aliphatic heterocycles. The van der Waals surface area contributed by atoms with E-state index in [0.717, 1.165) is 23.7 Å². The summed E-state index contributed by atoms with van der Waals surface area (Å²) in [6.07, 6.45) is 7.07. The Morgan fingerprint density at radius 2 is 0.792 bits per heavy atom. The third-order valence-electron chi connectivity index (χ3n) is 13.3. The third-order valence-corrected chi connectivity index (χ3v) is 13.3. The van der Waals surface area contributed by atoms with Gasteiger partial charge >= 0.3 is 0 Å². The standard InChI is InChI=1S/C51H40N2/c1-2-8-34(9-3-1)35-14-18-40(19-15-35)52-48-12-6-4-10-43(48)46-29-36(16-22-50(46)52)37-17-23-51-47(30-37)44-11-5-7-13-49(44)53(51)41-20-21-42-38-25-32-24-33(26-38)28-39(27-32)45(42)31-41/h1-23,29-33,38-39H,24-28H2. The quantitative estimate of drug-likeness (QED) is 0.175. The molecule has 2 heterocycles. The van der Waals surface area contributed by atoms with E-state index in [1.807, 2.05) is 0 Å². The van der Waals surface area contributed by atoms with Crippen LogP contribution in [0, 0.1) is 11.8 Å². The van der Waals surface area contributed by atoms with Crippen molar-refractivity contribution in [3.8, 4) is 33.6 Å². The predicted octanol–water partition coefficient (Wildman–Crippen LogP) is 13.6. The van der Waals surface area contributed by atoms with Gasteiger partial charge in [-0.25, -0.2) is 0 Å². The summed E-state index contributed by atoms with van der Waals surface area (Å²) in [7, 11) is 0. The summed E-state index contributed by atoms with van der Waals surface area (Å²) in [5.74, 6) is 3.36. The van der Waals surface area contributed by atoms with Gasteiger partial charge in [-0.3, -0.25) is 0 Å². The zero-order chi connectivity index (χ0) is 34.6. The second-order valence-corrected chi connectivity index (χ2v) is 16.2. The van der Waals surface area contributed by atoms with Gasteiger partial charge in [-0.2, -0.15) is 0 Å². The lowest BCUT2D eigenvalue weighted by Crippen LogP contribution is -2.25. The average Bonchev–Trinajstić information content (AvgIpc) is 3.66. The highest BCUT2D eigenvalue weighted by molar-refractivity contribution is 6.12. The van der Waals surface area contributed by atoms with Gasteiger partial charge in [-0.05, 0) is 150 Å². The fourth-order valence-electron chi connectivity index (χ4n) is 11.1. The summed E-state index contributed by atoms with van der Waals surface area (Å²) in [6.45, 7) is 0. The molecule has 2 unspecified atom stereocenters. The van der Waals surface area contributed by atoms with Crippen LogP contribution < -0.4 is 0 Å². The molecule has 254 valence electrons. The van der Waals surface area contributed by atoms with Crippen LogP contribution in [0.4, 0.5) is 0 Å². The summed E-state index contributed by atoms with van der Waals surface area (Å²) in [5, 5.41) is 5.18. The number of aromatic nitrogens is 2. The van der Waals surface area contributed by atoms with Crippen LogP contribution in [-0.4, -0.2) is 9.13 Å². The van der Waals surface area contributed by atoms with Crippen LogP contribution in [0.15, 0.2) is 158 Å². The van der Waals surface area contributed by atoms with Crippen molar-refractivity contribution >= 4 is 43.6 Å². The Kier molecular flexibility index (Phi) is 6.34. The highest BCUT2D eigenvalue weighted by Gasteiger charge is 2.42. The van der Waals surface area contributed by atoms with Crippen molar-refractivity contribution in [2.24, 2.45) is 11.8 Å². The number of para-hydroxylation sites is 2. The number of fused-ring (bicyclic) bond motifs is 6. The molecule has 2 atom stereocenters. The molecule has 0 saturated heterocycles. The Hall–Kier alpha value is -5.86. The molecule has 53 heavy (non-hydrogen) atoms. The molecule has 13 rings (SSSR count). The first-order valence-corrected chi connectivity index (χ1v) is 19.6. The summed E-state index contributed by atoms with van der Waals surface area (Å²) in [5.41, 5.74) is 15.8. The molecule has 0 amide bonds. The van der Waals surface area contributed by atoms with E-state index in [1.54, 1.807) is 11.1 Å². The molecular formula is C51H40N2. The molecule has 2 aromatic heterocycles. The average molecular weight is 681 g/mol. The van der Waals surface area contributed by atoms with Gasteiger partial charge in [-0.1, -0.05) is 97.1 Å². The van der Waals surface area contributed by atoms with E-state index in [2.05, 4.69) is 167 Å². The SMILES string of the molecule is c1ccc(-c2ccc(-n3c4ccccc4c4cc(-c5ccc6c(c5)c5ccccc5n6-c5ccc6c(c5)C5CC7CC(CC6C7)C5)ccc43)cc2)cc1. The predicted molar refractivity (Wildman–Crippen MR) is 222 cm³/mol. The Morgan fingerprint density at radius 3 is 1.42 bits per heavy atom. The van der Waals surface area contributed by atoms with Crippen molar-refractivity contribution in [1.29, 1.82) is 0 Å². The van der Waals surface area contributed by atoms with Gasteiger partial charge in [0, 0.05) is 32.9 Å². The van der Waals surface area contributed by atoms with Crippen molar-refractivity contribution in [3.05, 3.63) is 169 Å². The van der Waals surface area contributed by atoms with Crippen LogP contribution in [0.5, 0.6) is 0 Å². The highest BCUT2D eigenvalue weighted by Crippen LogP contribution is 2.56. The fraction of sp³-hybridized carbons (Fsp3) is 0.176.